The molecule has 0 fully saturated rings. The highest BCUT2D eigenvalue weighted by Crippen LogP contribution is 2.17. The van der Waals surface area contributed by atoms with Crippen LogP contribution in [0.1, 0.15) is 18.1 Å². The normalized spacial score (nSPS) is 12.4. The highest BCUT2D eigenvalue weighted by molar-refractivity contribution is 5.60. The second kappa shape index (κ2) is 3.76. The van der Waals surface area contributed by atoms with Gasteiger partial charge in [0.25, 0.3) is 0 Å². The van der Waals surface area contributed by atoms with Gasteiger partial charge < -0.3 is 9.21 Å². The fourth-order valence-electron chi connectivity index (χ4n) is 0.921. The smallest absolute Gasteiger partial charge is 0.130 e. The summed E-state index contributed by atoms with van der Waals surface area (Å²) in [5.41, 5.74) is 0. The maximum absolute atomic E-state index is 10.5. The Labute approximate surface area is 65.5 Å². The number of aldehydes is 1. The number of carbonyl (C=O) groups excluding carboxylic acids is 1. The van der Waals surface area contributed by atoms with E-state index in [-0.39, 0.29) is 5.92 Å². The first-order valence-electron chi connectivity index (χ1n) is 3.48. The molecule has 0 aliphatic rings. The van der Waals surface area contributed by atoms with Gasteiger partial charge in [-0.3, -0.25) is 0 Å². The molecule has 11 heavy (non-hydrogen) atoms. The lowest BCUT2D eigenvalue weighted by Crippen LogP contribution is -1.95. The SMILES string of the molecule is C=CCC(C=O)c1ccco1. The van der Waals surface area contributed by atoms with Crippen LogP contribution < -0.4 is 0 Å². The van der Waals surface area contributed by atoms with Gasteiger partial charge in [-0.2, -0.15) is 0 Å². The highest BCUT2D eigenvalue weighted by atomic mass is 16.3. The Kier molecular flexibility index (Phi) is 2.66. The predicted octanol–water partition coefficient (Wildman–Crippen LogP) is 2.14. The van der Waals surface area contributed by atoms with Gasteiger partial charge in [-0.1, -0.05) is 6.08 Å². The number of rotatable bonds is 4. The van der Waals surface area contributed by atoms with Gasteiger partial charge in [0, 0.05) is 0 Å². The van der Waals surface area contributed by atoms with Crippen molar-refractivity contribution in [2.45, 2.75) is 12.3 Å². The van der Waals surface area contributed by atoms with Crippen LogP contribution in [0.2, 0.25) is 0 Å². The standard InChI is InChI=1S/C9H10O2/c1-2-4-8(7-10)9-5-3-6-11-9/h2-3,5-8H,1,4H2. The first-order valence-corrected chi connectivity index (χ1v) is 3.48. The Hall–Kier alpha value is -1.31. The van der Waals surface area contributed by atoms with E-state index in [9.17, 15) is 4.79 Å². The van der Waals surface area contributed by atoms with Crippen LogP contribution in [0.3, 0.4) is 0 Å². The van der Waals surface area contributed by atoms with Gasteiger partial charge in [0.15, 0.2) is 0 Å². The Morgan fingerprint density at radius 1 is 1.73 bits per heavy atom. The molecule has 1 aromatic heterocycles. The van der Waals surface area contributed by atoms with Gasteiger partial charge in [0.2, 0.25) is 0 Å². The van der Waals surface area contributed by atoms with Crippen molar-refractivity contribution in [1.29, 1.82) is 0 Å². The van der Waals surface area contributed by atoms with E-state index in [0.29, 0.717) is 12.2 Å². The molecular formula is C9H10O2. The lowest BCUT2D eigenvalue weighted by molar-refractivity contribution is -0.109. The molecule has 0 saturated carbocycles. The van der Waals surface area contributed by atoms with Gasteiger partial charge in [0.1, 0.15) is 12.0 Å². The fourth-order valence-corrected chi connectivity index (χ4v) is 0.921. The van der Waals surface area contributed by atoms with E-state index < -0.39 is 0 Å². The third-order valence-corrected chi connectivity index (χ3v) is 1.49. The molecule has 0 saturated heterocycles. The average Bonchev–Trinajstić information content (AvgIpc) is 2.52. The van der Waals surface area contributed by atoms with Crippen LogP contribution in [-0.2, 0) is 4.79 Å². The highest BCUT2D eigenvalue weighted by Gasteiger charge is 2.09. The third-order valence-electron chi connectivity index (χ3n) is 1.49. The van der Waals surface area contributed by atoms with E-state index >= 15 is 0 Å². The molecule has 58 valence electrons. The second-order valence-electron chi connectivity index (χ2n) is 2.28. The van der Waals surface area contributed by atoms with Crippen LogP contribution in [-0.4, -0.2) is 6.29 Å². The van der Waals surface area contributed by atoms with Crippen molar-refractivity contribution < 1.29 is 9.21 Å². The summed E-state index contributed by atoms with van der Waals surface area (Å²) in [6.45, 7) is 3.56. The van der Waals surface area contributed by atoms with Gasteiger partial charge in [0.05, 0.1) is 12.2 Å². The van der Waals surface area contributed by atoms with Crippen LogP contribution in [0.25, 0.3) is 0 Å². The number of hydrogen-bond donors (Lipinski definition) is 0. The van der Waals surface area contributed by atoms with Crippen LogP contribution in [0.4, 0.5) is 0 Å². The van der Waals surface area contributed by atoms with Crippen LogP contribution in [0, 0.1) is 0 Å². The van der Waals surface area contributed by atoms with E-state index in [2.05, 4.69) is 6.58 Å². The van der Waals surface area contributed by atoms with E-state index in [4.69, 9.17) is 4.42 Å². The first-order chi connectivity index (χ1) is 5.38. The minimum atomic E-state index is -0.164. The van der Waals surface area contributed by atoms with Crippen molar-refractivity contribution in [1.82, 2.24) is 0 Å². The summed E-state index contributed by atoms with van der Waals surface area (Å²) in [5.74, 6) is 0.544. The molecule has 0 spiro atoms. The molecule has 1 heterocycles. The quantitative estimate of drug-likeness (QED) is 0.486. The van der Waals surface area contributed by atoms with Crippen LogP contribution >= 0.6 is 0 Å². The Bertz CT molecular complexity index is 224. The molecule has 1 aromatic rings. The minimum Gasteiger partial charge on any atom is -0.469 e. The lowest BCUT2D eigenvalue weighted by atomic mass is 10.1. The molecule has 2 nitrogen and oxygen atoms in total. The summed E-state index contributed by atoms with van der Waals surface area (Å²) in [6, 6.07) is 3.57. The number of carbonyl (C=O) groups is 1. The minimum absolute atomic E-state index is 0.164. The van der Waals surface area contributed by atoms with E-state index in [1.54, 1.807) is 24.5 Å². The monoisotopic (exact) mass is 150 g/mol. The summed E-state index contributed by atoms with van der Waals surface area (Å²) in [7, 11) is 0. The van der Waals surface area contributed by atoms with Crippen molar-refractivity contribution in [2.75, 3.05) is 0 Å². The summed E-state index contributed by atoms with van der Waals surface area (Å²) in [4.78, 5) is 10.5. The number of furan rings is 1. The molecule has 1 unspecified atom stereocenters. The molecule has 0 radical (unpaired) electrons. The van der Waals surface area contributed by atoms with Crippen molar-refractivity contribution >= 4 is 6.29 Å². The second-order valence-corrected chi connectivity index (χ2v) is 2.28. The third kappa shape index (κ3) is 1.80. The van der Waals surface area contributed by atoms with Gasteiger partial charge in [-0.15, -0.1) is 6.58 Å². The lowest BCUT2D eigenvalue weighted by Gasteiger charge is -2.00. The molecular weight excluding hydrogens is 140 g/mol. The zero-order chi connectivity index (χ0) is 8.10. The van der Waals surface area contributed by atoms with Gasteiger partial charge in [-0.25, -0.2) is 0 Å². The topological polar surface area (TPSA) is 30.2 Å². The molecule has 0 aliphatic heterocycles. The Balaban J connectivity index is 2.70. The van der Waals surface area contributed by atoms with Crippen molar-refractivity contribution in [3.8, 4) is 0 Å². The maximum atomic E-state index is 10.5. The summed E-state index contributed by atoms with van der Waals surface area (Å²) in [6.07, 6.45) is 4.79. The number of allylic oxidation sites excluding steroid dienone is 1. The molecule has 0 aliphatic carbocycles. The molecule has 1 atom stereocenters. The van der Waals surface area contributed by atoms with Gasteiger partial charge in [-0.05, 0) is 18.6 Å². The zero-order valence-corrected chi connectivity index (χ0v) is 6.19. The van der Waals surface area contributed by atoms with Crippen LogP contribution in [0.5, 0.6) is 0 Å². The average molecular weight is 150 g/mol. The summed E-state index contributed by atoms with van der Waals surface area (Å²) >= 11 is 0. The largest absolute Gasteiger partial charge is 0.469 e. The molecule has 0 amide bonds. The van der Waals surface area contributed by atoms with E-state index in [1.165, 1.54) is 0 Å². The molecule has 0 N–H and O–H groups in total. The molecule has 1 rings (SSSR count). The van der Waals surface area contributed by atoms with Crippen molar-refractivity contribution in [3.63, 3.8) is 0 Å². The fraction of sp³-hybridized carbons (Fsp3) is 0.222. The van der Waals surface area contributed by atoms with E-state index in [0.717, 1.165) is 6.29 Å². The zero-order valence-electron chi connectivity index (χ0n) is 6.19. The maximum Gasteiger partial charge on any atom is 0.130 e. The van der Waals surface area contributed by atoms with Crippen molar-refractivity contribution in [2.24, 2.45) is 0 Å². The molecule has 0 bridgehead atoms. The Morgan fingerprint density at radius 2 is 2.55 bits per heavy atom. The van der Waals surface area contributed by atoms with E-state index in [1.807, 2.05) is 0 Å². The molecule has 2 heteroatoms. The molecule has 0 aromatic carbocycles. The van der Waals surface area contributed by atoms with Crippen LogP contribution in [0.15, 0.2) is 35.5 Å². The predicted molar refractivity (Wildman–Crippen MR) is 42.3 cm³/mol. The summed E-state index contributed by atoms with van der Waals surface area (Å²) < 4.78 is 5.06. The van der Waals surface area contributed by atoms with Crippen molar-refractivity contribution in [3.05, 3.63) is 36.8 Å². The summed E-state index contributed by atoms with van der Waals surface area (Å²) in [5, 5.41) is 0. The Morgan fingerprint density at radius 3 is 3.00 bits per heavy atom. The number of hydrogen-bond acceptors (Lipinski definition) is 2. The van der Waals surface area contributed by atoms with Gasteiger partial charge >= 0.3 is 0 Å². The first kappa shape index (κ1) is 7.79.